The van der Waals surface area contributed by atoms with E-state index in [1.165, 1.54) is 0 Å². The molecule has 0 aliphatic carbocycles. The molecule has 2 aromatic rings. The van der Waals surface area contributed by atoms with Crippen LogP contribution in [0.5, 0.6) is 0 Å². The summed E-state index contributed by atoms with van der Waals surface area (Å²) in [5.41, 5.74) is 7.88. The Morgan fingerprint density at radius 3 is 2.67 bits per heavy atom. The Morgan fingerprint density at radius 1 is 1.33 bits per heavy atom. The first kappa shape index (κ1) is 19.6. The molecule has 0 spiro atoms. The van der Waals surface area contributed by atoms with E-state index in [0.29, 0.717) is 12.2 Å². The molecule has 0 aliphatic heterocycles. The fraction of sp³-hybridized carbons (Fsp3) is 0.308. The highest BCUT2D eigenvalue weighted by Gasteiger charge is 2.05. The molecule has 5 nitrogen and oxygen atoms in total. The number of halogens is 2. The van der Waals surface area contributed by atoms with Crippen molar-refractivity contribution in [3.63, 3.8) is 0 Å². The predicted molar refractivity (Wildman–Crippen MR) is 90.4 cm³/mol. The Balaban J connectivity index is 0.00000200. The van der Waals surface area contributed by atoms with Crippen LogP contribution in [-0.2, 0) is 17.6 Å². The molecule has 0 atom stereocenters. The van der Waals surface area contributed by atoms with Crippen molar-refractivity contribution in [3.8, 4) is 0 Å². The number of hydrogen-bond acceptors (Lipinski definition) is 5. The minimum atomic E-state index is -0.0378. The number of thiazole rings is 1. The zero-order chi connectivity index (χ0) is 13.7. The number of nitrogens with one attached hydrogen (secondary N) is 1. The van der Waals surface area contributed by atoms with Gasteiger partial charge in [0, 0.05) is 24.0 Å². The summed E-state index contributed by atoms with van der Waals surface area (Å²) in [4.78, 5) is 20.1. The highest BCUT2D eigenvalue weighted by atomic mass is 35.5. The van der Waals surface area contributed by atoms with Crippen molar-refractivity contribution < 1.29 is 4.79 Å². The van der Waals surface area contributed by atoms with Crippen molar-refractivity contribution in [2.75, 3.05) is 12.3 Å². The van der Waals surface area contributed by atoms with Gasteiger partial charge in [0.2, 0.25) is 5.91 Å². The van der Waals surface area contributed by atoms with Gasteiger partial charge in [-0.15, -0.1) is 36.2 Å². The number of pyridine rings is 1. The monoisotopic (exact) mass is 348 g/mol. The molecule has 3 N–H and O–H groups in total. The molecule has 0 aromatic carbocycles. The van der Waals surface area contributed by atoms with Gasteiger partial charge in [-0.25, -0.2) is 4.98 Å². The molecule has 116 valence electrons. The number of hydrogen-bond donors (Lipinski definition) is 2. The second-order valence-corrected chi connectivity index (χ2v) is 5.28. The number of aromatic nitrogens is 2. The third kappa shape index (κ3) is 6.75. The van der Waals surface area contributed by atoms with Crippen LogP contribution in [0.15, 0.2) is 23.7 Å². The Bertz CT molecular complexity index is 560. The van der Waals surface area contributed by atoms with Crippen LogP contribution < -0.4 is 11.1 Å². The predicted octanol–water partition coefficient (Wildman–Crippen LogP) is 2.17. The minimum absolute atomic E-state index is 0. The number of carbonyl (C=O) groups excluding carboxylic acids is 1. The lowest BCUT2D eigenvalue weighted by atomic mass is 10.2. The van der Waals surface area contributed by atoms with Crippen molar-refractivity contribution in [2.45, 2.75) is 19.8 Å². The number of nitrogens with zero attached hydrogens (tertiary/aromatic N) is 2. The Hall–Kier alpha value is -1.37. The van der Waals surface area contributed by atoms with Crippen LogP contribution >= 0.6 is 36.2 Å². The van der Waals surface area contributed by atoms with E-state index in [-0.39, 0.29) is 37.1 Å². The van der Waals surface area contributed by atoms with Crippen molar-refractivity contribution in [1.29, 1.82) is 0 Å². The lowest BCUT2D eigenvalue weighted by molar-refractivity contribution is -0.120. The van der Waals surface area contributed by atoms with E-state index in [0.717, 1.165) is 22.8 Å². The molecule has 1 amide bonds. The first-order chi connectivity index (χ1) is 9.13. The highest BCUT2D eigenvalue weighted by molar-refractivity contribution is 7.09. The number of aryl methyl sites for hydroxylation is 1. The Morgan fingerprint density at radius 2 is 2.10 bits per heavy atom. The Kier molecular flexibility index (Phi) is 8.92. The first-order valence-electron chi connectivity index (χ1n) is 6.01. The molecule has 0 saturated heterocycles. The van der Waals surface area contributed by atoms with Crippen molar-refractivity contribution in [3.05, 3.63) is 40.1 Å². The SMILES string of the molecule is Cc1nc(CCNC(=O)Cc2ccc(N)cn2)cs1.Cl.Cl. The number of anilines is 1. The summed E-state index contributed by atoms with van der Waals surface area (Å²) < 4.78 is 0. The normalized spacial score (nSPS) is 9.38. The van der Waals surface area contributed by atoms with E-state index in [1.807, 2.05) is 12.3 Å². The second-order valence-electron chi connectivity index (χ2n) is 4.22. The summed E-state index contributed by atoms with van der Waals surface area (Å²) in [6.45, 7) is 2.57. The van der Waals surface area contributed by atoms with E-state index in [9.17, 15) is 4.79 Å². The molecule has 2 heterocycles. The summed E-state index contributed by atoms with van der Waals surface area (Å²) in [6, 6.07) is 3.51. The van der Waals surface area contributed by atoms with E-state index >= 15 is 0 Å². The molecule has 0 radical (unpaired) electrons. The van der Waals surface area contributed by atoms with Crippen LogP contribution in [0.2, 0.25) is 0 Å². The molecule has 0 unspecified atom stereocenters. The standard InChI is InChI=1S/C13H16N4OS.2ClH/c1-9-17-12(8-19-9)4-5-15-13(18)6-11-3-2-10(14)7-16-11;;/h2-3,7-8H,4-6,14H2,1H3,(H,15,18);2*1H. The van der Waals surface area contributed by atoms with E-state index in [4.69, 9.17) is 5.73 Å². The fourth-order valence-electron chi connectivity index (χ4n) is 1.62. The second kappa shape index (κ2) is 9.55. The van der Waals surface area contributed by atoms with Gasteiger partial charge in [0.25, 0.3) is 0 Å². The van der Waals surface area contributed by atoms with Crippen LogP contribution in [-0.4, -0.2) is 22.4 Å². The van der Waals surface area contributed by atoms with Gasteiger partial charge in [-0.3, -0.25) is 9.78 Å². The lowest BCUT2D eigenvalue weighted by Crippen LogP contribution is -2.27. The highest BCUT2D eigenvalue weighted by Crippen LogP contribution is 2.07. The quantitative estimate of drug-likeness (QED) is 0.867. The zero-order valence-electron chi connectivity index (χ0n) is 11.5. The molecule has 0 aliphatic rings. The summed E-state index contributed by atoms with van der Waals surface area (Å²) in [6.07, 6.45) is 2.59. The van der Waals surface area contributed by atoms with E-state index in [1.54, 1.807) is 29.7 Å². The van der Waals surface area contributed by atoms with Crippen LogP contribution in [0.3, 0.4) is 0 Å². The van der Waals surface area contributed by atoms with Crippen LogP contribution in [0.1, 0.15) is 16.4 Å². The smallest absolute Gasteiger partial charge is 0.226 e. The van der Waals surface area contributed by atoms with Gasteiger partial charge in [0.05, 0.1) is 29.0 Å². The van der Waals surface area contributed by atoms with Crippen LogP contribution in [0.4, 0.5) is 5.69 Å². The maximum absolute atomic E-state index is 11.7. The van der Waals surface area contributed by atoms with Crippen LogP contribution in [0, 0.1) is 6.92 Å². The van der Waals surface area contributed by atoms with Gasteiger partial charge in [-0.1, -0.05) is 0 Å². The number of rotatable bonds is 5. The fourth-order valence-corrected chi connectivity index (χ4v) is 2.27. The maximum Gasteiger partial charge on any atom is 0.226 e. The lowest BCUT2D eigenvalue weighted by Gasteiger charge is -2.04. The van der Waals surface area contributed by atoms with Crippen LogP contribution in [0.25, 0.3) is 0 Å². The van der Waals surface area contributed by atoms with Gasteiger partial charge in [0.15, 0.2) is 0 Å². The third-order valence-corrected chi connectivity index (χ3v) is 3.38. The number of amides is 1. The number of carbonyl (C=O) groups is 1. The molecule has 0 fully saturated rings. The molecular weight excluding hydrogens is 331 g/mol. The van der Waals surface area contributed by atoms with Gasteiger partial charge in [0.1, 0.15) is 0 Å². The van der Waals surface area contributed by atoms with Crippen molar-refractivity contribution in [1.82, 2.24) is 15.3 Å². The molecule has 0 saturated carbocycles. The summed E-state index contributed by atoms with van der Waals surface area (Å²) in [7, 11) is 0. The average Bonchev–Trinajstić information content (AvgIpc) is 2.78. The van der Waals surface area contributed by atoms with Gasteiger partial charge in [-0.2, -0.15) is 0 Å². The largest absolute Gasteiger partial charge is 0.397 e. The summed E-state index contributed by atoms with van der Waals surface area (Å²) in [5, 5.41) is 5.92. The number of nitrogen functional groups attached to an aromatic ring is 1. The Labute approximate surface area is 140 Å². The molecular formula is C13H18Cl2N4OS. The maximum atomic E-state index is 11.7. The molecule has 2 rings (SSSR count). The van der Waals surface area contributed by atoms with Gasteiger partial charge < -0.3 is 11.1 Å². The van der Waals surface area contributed by atoms with Gasteiger partial charge >= 0.3 is 0 Å². The zero-order valence-corrected chi connectivity index (χ0v) is 14.0. The molecule has 0 bridgehead atoms. The third-order valence-electron chi connectivity index (χ3n) is 2.56. The molecule has 8 heteroatoms. The number of nitrogens with two attached hydrogens (primary N) is 1. The van der Waals surface area contributed by atoms with Crippen molar-refractivity contribution in [2.24, 2.45) is 0 Å². The average molecular weight is 349 g/mol. The van der Waals surface area contributed by atoms with Crippen molar-refractivity contribution >= 4 is 47.7 Å². The minimum Gasteiger partial charge on any atom is -0.397 e. The summed E-state index contributed by atoms with van der Waals surface area (Å²) >= 11 is 1.62. The van der Waals surface area contributed by atoms with Gasteiger partial charge in [-0.05, 0) is 19.1 Å². The summed E-state index contributed by atoms with van der Waals surface area (Å²) in [5.74, 6) is -0.0378. The van der Waals surface area contributed by atoms with E-state index in [2.05, 4.69) is 15.3 Å². The first-order valence-corrected chi connectivity index (χ1v) is 6.89. The van der Waals surface area contributed by atoms with E-state index < -0.39 is 0 Å². The topological polar surface area (TPSA) is 80.9 Å². The molecule has 21 heavy (non-hydrogen) atoms. The molecule has 2 aromatic heterocycles.